The Bertz CT molecular complexity index is 1020. The molecule has 0 saturated heterocycles. The molecule has 0 unspecified atom stereocenters. The van der Waals surface area contributed by atoms with Gasteiger partial charge in [0.05, 0.1) is 17.7 Å². The highest BCUT2D eigenvalue weighted by atomic mass is 32.2. The summed E-state index contributed by atoms with van der Waals surface area (Å²) in [6.07, 6.45) is 0. The van der Waals surface area contributed by atoms with Crippen LogP contribution in [0.2, 0.25) is 0 Å². The summed E-state index contributed by atoms with van der Waals surface area (Å²) in [6, 6.07) is 13.9. The number of aromatic nitrogens is 1. The highest BCUT2D eigenvalue weighted by Gasteiger charge is 2.21. The molecule has 3 rings (SSSR count). The average molecular weight is 344 g/mol. The first kappa shape index (κ1) is 16.1. The van der Waals surface area contributed by atoms with Crippen molar-refractivity contribution in [1.82, 2.24) is 4.98 Å². The van der Waals surface area contributed by atoms with E-state index >= 15 is 0 Å². The molecule has 0 radical (unpaired) electrons. The number of aromatic amines is 1. The monoisotopic (exact) mass is 344 g/mol. The fraction of sp³-hybridized carbons (Fsp3) is 0.118. The predicted molar refractivity (Wildman–Crippen MR) is 91.6 cm³/mol. The van der Waals surface area contributed by atoms with Crippen molar-refractivity contribution in [2.75, 3.05) is 11.8 Å². The Labute approximate surface area is 139 Å². The fourth-order valence-electron chi connectivity index (χ4n) is 2.47. The van der Waals surface area contributed by atoms with E-state index in [-0.39, 0.29) is 16.3 Å². The molecule has 0 fully saturated rings. The zero-order valence-electron chi connectivity index (χ0n) is 13.2. The SMILES string of the molecule is COC(=O)c1[nH]c(C)cc1NS(=O)(=O)c1ccc2ccccc2c1. The van der Waals surface area contributed by atoms with E-state index in [0.29, 0.717) is 5.69 Å². The van der Waals surface area contributed by atoms with E-state index in [4.69, 9.17) is 0 Å². The number of ether oxygens (including phenoxy) is 1. The van der Waals surface area contributed by atoms with Crippen LogP contribution in [0.1, 0.15) is 16.2 Å². The van der Waals surface area contributed by atoms with Gasteiger partial charge in [0, 0.05) is 5.69 Å². The Morgan fingerprint density at radius 1 is 1.08 bits per heavy atom. The van der Waals surface area contributed by atoms with E-state index in [1.54, 1.807) is 25.1 Å². The highest BCUT2D eigenvalue weighted by molar-refractivity contribution is 7.92. The summed E-state index contributed by atoms with van der Waals surface area (Å²) >= 11 is 0. The van der Waals surface area contributed by atoms with Crippen LogP contribution in [0.15, 0.2) is 53.4 Å². The molecule has 7 heteroatoms. The molecule has 124 valence electrons. The van der Waals surface area contributed by atoms with Gasteiger partial charge in [-0.05, 0) is 35.9 Å². The molecule has 1 aromatic heterocycles. The molecule has 0 bridgehead atoms. The summed E-state index contributed by atoms with van der Waals surface area (Å²) in [5, 5.41) is 1.77. The summed E-state index contributed by atoms with van der Waals surface area (Å²) in [5.74, 6) is -0.640. The molecule has 0 saturated carbocycles. The number of nitrogens with one attached hydrogen (secondary N) is 2. The van der Waals surface area contributed by atoms with Crippen LogP contribution in [0.25, 0.3) is 10.8 Å². The number of carbonyl (C=O) groups excluding carboxylic acids is 1. The number of anilines is 1. The molecular weight excluding hydrogens is 328 g/mol. The van der Waals surface area contributed by atoms with Gasteiger partial charge in [0.1, 0.15) is 5.69 Å². The van der Waals surface area contributed by atoms with Gasteiger partial charge in [-0.3, -0.25) is 4.72 Å². The van der Waals surface area contributed by atoms with Gasteiger partial charge in [0.15, 0.2) is 0 Å². The van der Waals surface area contributed by atoms with E-state index in [0.717, 1.165) is 10.8 Å². The summed E-state index contributed by atoms with van der Waals surface area (Å²) in [4.78, 5) is 14.7. The number of fused-ring (bicyclic) bond motifs is 1. The molecule has 0 spiro atoms. The van der Waals surface area contributed by atoms with Crippen molar-refractivity contribution in [3.05, 3.63) is 59.9 Å². The summed E-state index contributed by atoms with van der Waals surface area (Å²) < 4.78 is 32.4. The molecule has 1 heterocycles. The third-order valence-corrected chi connectivity index (χ3v) is 4.98. The van der Waals surface area contributed by atoms with E-state index in [2.05, 4.69) is 14.4 Å². The van der Waals surface area contributed by atoms with Crippen LogP contribution in [0, 0.1) is 6.92 Å². The Morgan fingerprint density at radius 2 is 1.79 bits per heavy atom. The number of methoxy groups -OCH3 is 1. The van der Waals surface area contributed by atoms with Gasteiger partial charge in [0.2, 0.25) is 0 Å². The van der Waals surface area contributed by atoms with Crippen molar-refractivity contribution < 1.29 is 17.9 Å². The number of carbonyl (C=O) groups is 1. The van der Waals surface area contributed by atoms with Crippen LogP contribution < -0.4 is 4.72 Å². The van der Waals surface area contributed by atoms with Crippen LogP contribution in [0.5, 0.6) is 0 Å². The Balaban J connectivity index is 2.00. The lowest BCUT2D eigenvalue weighted by Gasteiger charge is -2.09. The van der Waals surface area contributed by atoms with Crippen molar-refractivity contribution in [3.63, 3.8) is 0 Å². The van der Waals surface area contributed by atoms with Crippen molar-refractivity contribution >= 4 is 32.5 Å². The number of H-pyrrole nitrogens is 1. The van der Waals surface area contributed by atoms with Gasteiger partial charge in [-0.2, -0.15) is 0 Å². The minimum absolute atomic E-state index is 0.0689. The zero-order valence-corrected chi connectivity index (χ0v) is 14.0. The molecule has 0 aliphatic heterocycles. The van der Waals surface area contributed by atoms with Gasteiger partial charge < -0.3 is 9.72 Å². The fourth-order valence-corrected chi connectivity index (χ4v) is 3.57. The molecule has 0 amide bonds. The first-order valence-corrected chi connectivity index (χ1v) is 8.68. The van der Waals surface area contributed by atoms with Crippen LogP contribution in [0.3, 0.4) is 0 Å². The van der Waals surface area contributed by atoms with Gasteiger partial charge in [-0.1, -0.05) is 30.3 Å². The van der Waals surface area contributed by atoms with Crippen LogP contribution in [-0.4, -0.2) is 26.5 Å². The molecule has 2 N–H and O–H groups in total. The Morgan fingerprint density at radius 3 is 2.50 bits per heavy atom. The summed E-state index contributed by atoms with van der Waals surface area (Å²) in [7, 11) is -2.60. The highest BCUT2D eigenvalue weighted by Crippen LogP contribution is 2.24. The molecule has 24 heavy (non-hydrogen) atoms. The summed E-state index contributed by atoms with van der Waals surface area (Å²) in [5.41, 5.74) is 0.874. The van der Waals surface area contributed by atoms with Gasteiger partial charge >= 0.3 is 5.97 Å². The van der Waals surface area contributed by atoms with E-state index in [1.165, 1.54) is 13.2 Å². The van der Waals surface area contributed by atoms with Gasteiger partial charge in [-0.25, -0.2) is 13.2 Å². The number of hydrogen-bond donors (Lipinski definition) is 2. The predicted octanol–water partition coefficient (Wildman–Crippen LogP) is 3.06. The summed E-state index contributed by atoms with van der Waals surface area (Å²) in [6.45, 7) is 1.72. The smallest absolute Gasteiger partial charge is 0.356 e. The molecular formula is C17H16N2O4S. The average Bonchev–Trinajstić information content (AvgIpc) is 2.93. The Kier molecular flexibility index (Phi) is 4.02. The molecule has 0 aliphatic carbocycles. The second-order valence-corrected chi connectivity index (χ2v) is 7.03. The van der Waals surface area contributed by atoms with E-state index in [9.17, 15) is 13.2 Å². The van der Waals surface area contributed by atoms with Crippen molar-refractivity contribution in [2.45, 2.75) is 11.8 Å². The van der Waals surface area contributed by atoms with Gasteiger partial charge in [0.25, 0.3) is 10.0 Å². The maximum absolute atomic E-state index is 12.6. The number of rotatable bonds is 4. The maximum atomic E-state index is 12.6. The minimum atomic E-state index is -3.83. The third kappa shape index (κ3) is 2.98. The molecule has 0 aliphatic rings. The Hall–Kier alpha value is -2.80. The van der Waals surface area contributed by atoms with Gasteiger partial charge in [-0.15, -0.1) is 0 Å². The number of hydrogen-bond acceptors (Lipinski definition) is 4. The van der Waals surface area contributed by atoms with Crippen molar-refractivity contribution in [1.29, 1.82) is 0 Å². The first-order valence-electron chi connectivity index (χ1n) is 7.20. The topological polar surface area (TPSA) is 88.3 Å². The van der Waals surface area contributed by atoms with Crippen molar-refractivity contribution in [3.8, 4) is 0 Å². The third-order valence-electron chi connectivity index (χ3n) is 3.62. The van der Waals surface area contributed by atoms with E-state index in [1.807, 2.05) is 24.3 Å². The lowest BCUT2D eigenvalue weighted by Crippen LogP contribution is -2.15. The van der Waals surface area contributed by atoms with Crippen LogP contribution >= 0.6 is 0 Å². The first-order chi connectivity index (χ1) is 11.4. The number of esters is 1. The van der Waals surface area contributed by atoms with Crippen molar-refractivity contribution in [2.24, 2.45) is 0 Å². The standard InChI is InChI=1S/C17H16N2O4S/c1-11-9-15(16(18-11)17(20)23-2)19-24(21,22)14-8-7-12-5-3-4-6-13(12)10-14/h3-10,18-19H,1-2H3. The largest absolute Gasteiger partial charge is 0.464 e. The van der Waals surface area contributed by atoms with E-state index < -0.39 is 16.0 Å². The number of sulfonamides is 1. The van der Waals surface area contributed by atoms with Crippen LogP contribution in [-0.2, 0) is 14.8 Å². The molecule has 3 aromatic rings. The molecule has 6 nitrogen and oxygen atoms in total. The second-order valence-electron chi connectivity index (χ2n) is 5.35. The minimum Gasteiger partial charge on any atom is -0.464 e. The zero-order chi connectivity index (χ0) is 17.3. The number of benzene rings is 2. The maximum Gasteiger partial charge on any atom is 0.356 e. The van der Waals surface area contributed by atoms with Crippen LogP contribution in [0.4, 0.5) is 5.69 Å². The second kappa shape index (κ2) is 6.01. The lowest BCUT2D eigenvalue weighted by atomic mass is 10.1. The quantitative estimate of drug-likeness (QED) is 0.712. The molecule has 0 atom stereocenters. The normalized spacial score (nSPS) is 11.4. The molecule has 2 aromatic carbocycles. The number of aryl methyl sites for hydroxylation is 1. The lowest BCUT2D eigenvalue weighted by molar-refractivity contribution is 0.0596.